The molecule has 5 rings (SSSR count). The number of halogens is 2. The number of nitrogens with zero attached hydrogens (tertiary/aromatic N) is 3. The number of amides is 1. The van der Waals surface area contributed by atoms with Crippen LogP contribution in [0.4, 0.5) is 21.6 Å². The van der Waals surface area contributed by atoms with Gasteiger partial charge in [-0.2, -0.15) is 0 Å². The molecule has 2 heterocycles. The zero-order chi connectivity index (χ0) is 25.6. The molecule has 3 aromatic rings. The molecule has 1 aliphatic carbocycles. The summed E-state index contributed by atoms with van der Waals surface area (Å²) in [7, 11) is 0. The fourth-order valence-corrected chi connectivity index (χ4v) is 4.25. The predicted octanol–water partition coefficient (Wildman–Crippen LogP) is 5.17. The summed E-state index contributed by atoms with van der Waals surface area (Å²) < 4.78 is 25.2. The van der Waals surface area contributed by atoms with Gasteiger partial charge in [0.15, 0.2) is 0 Å². The third-order valence-electron chi connectivity index (χ3n) is 6.30. The molecular formula is C27H29ClFN5O3. The van der Waals surface area contributed by atoms with Crippen molar-refractivity contribution in [2.45, 2.75) is 19.3 Å². The van der Waals surface area contributed by atoms with E-state index >= 15 is 0 Å². The maximum absolute atomic E-state index is 13.6. The monoisotopic (exact) mass is 525 g/mol. The number of hydrogen-bond acceptors (Lipinski definition) is 7. The Balaban J connectivity index is 1.37. The van der Waals surface area contributed by atoms with Gasteiger partial charge in [0.05, 0.1) is 29.4 Å². The number of carbonyl (C=O) groups is 1. The van der Waals surface area contributed by atoms with Gasteiger partial charge in [0, 0.05) is 49.5 Å². The summed E-state index contributed by atoms with van der Waals surface area (Å²) in [6.07, 6.45) is 8.13. The van der Waals surface area contributed by atoms with Gasteiger partial charge >= 0.3 is 0 Å². The SMILES string of the molecule is O=C(C=CCN1CCCOCC1)Nc1cc2c(Nc3ccc(F)c(Cl)c3)ncnc2cc1OCC1CC1. The highest BCUT2D eigenvalue weighted by Gasteiger charge is 2.23. The molecule has 8 nitrogen and oxygen atoms in total. The van der Waals surface area contributed by atoms with Crippen LogP contribution in [0, 0.1) is 11.7 Å². The third kappa shape index (κ3) is 6.94. The Hall–Kier alpha value is -3.27. The van der Waals surface area contributed by atoms with E-state index in [9.17, 15) is 9.18 Å². The van der Waals surface area contributed by atoms with Crippen molar-refractivity contribution in [1.29, 1.82) is 0 Å². The lowest BCUT2D eigenvalue weighted by atomic mass is 10.1. The fourth-order valence-electron chi connectivity index (χ4n) is 4.07. The molecule has 0 unspecified atom stereocenters. The largest absolute Gasteiger partial charge is 0.491 e. The van der Waals surface area contributed by atoms with E-state index in [4.69, 9.17) is 21.1 Å². The zero-order valence-electron chi connectivity index (χ0n) is 20.4. The van der Waals surface area contributed by atoms with Gasteiger partial charge in [-0.25, -0.2) is 14.4 Å². The van der Waals surface area contributed by atoms with Crippen LogP contribution in [0.25, 0.3) is 10.9 Å². The Morgan fingerprint density at radius 1 is 1.22 bits per heavy atom. The quantitative estimate of drug-likeness (QED) is 0.372. The van der Waals surface area contributed by atoms with Gasteiger partial charge in [-0.1, -0.05) is 17.7 Å². The summed E-state index contributed by atoms with van der Waals surface area (Å²) >= 11 is 5.94. The first-order valence-electron chi connectivity index (χ1n) is 12.5. The van der Waals surface area contributed by atoms with Crippen LogP contribution in [0.15, 0.2) is 48.8 Å². The molecule has 0 bridgehead atoms. The van der Waals surface area contributed by atoms with Crippen molar-refractivity contribution in [3.8, 4) is 5.75 Å². The smallest absolute Gasteiger partial charge is 0.248 e. The minimum atomic E-state index is -0.501. The van der Waals surface area contributed by atoms with E-state index in [2.05, 4.69) is 25.5 Å². The molecule has 0 radical (unpaired) electrons. The number of anilines is 3. The van der Waals surface area contributed by atoms with Gasteiger partial charge in [0.2, 0.25) is 5.91 Å². The lowest BCUT2D eigenvalue weighted by Crippen LogP contribution is -2.26. The first-order chi connectivity index (χ1) is 18.0. The van der Waals surface area contributed by atoms with Gasteiger partial charge < -0.3 is 20.1 Å². The molecule has 0 spiro atoms. The summed E-state index contributed by atoms with van der Waals surface area (Å²) in [5.74, 6) is 0.844. The first-order valence-corrected chi connectivity index (χ1v) is 12.8. The molecule has 1 saturated carbocycles. The summed E-state index contributed by atoms with van der Waals surface area (Å²) in [4.78, 5) is 23.8. The molecule has 1 aliphatic heterocycles. The van der Waals surface area contributed by atoms with E-state index in [1.165, 1.54) is 18.5 Å². The number of ether oxygens (including phenoxy) is 2. The standard InChI is InChI=1S/C27H29ClFN5O3/c28-21-13-19(6-7-22(21)29)32-27-20-14-24(25(37-16-18-4-5-18)15-23(20)30-17-31-27)33-26(35)3-1-8-34-9-2-11-36-12-10-34/h1,3,6-7,13-15,17-18H,2,4-5,8-12,16H2,(H,33,35)(H,30,31,32). The van der Waals surface area contributed by atoms with E-state index in [-0.39, 0.29) is 10.9 Å². The Morgan fingerprint density at radius 2 is 2.11 bits per heavy atom. The van der Waals surface area contributed by atoms with Crippen LogP contribution in [0.5, 0.6) is 5.75 Å². The van der Waals surface area contributed by atoms with Gasteiger partial charge in [-0.05, 0) is 49.4 Å². The van der Waals surface area contributed by atoms with Crippen molar-refractivity contribution in [3.63, 3.8) is 0 Å². The number of carbonyl (C=O) groups excluding carboxylic acids is 1. The normalized spacial score (nSPS) is 16.6. The maximum Gasteiger partial charge on any atom is 0.248 e. The highest BCUT2D eigenvalue weighted by Crippen LogP contribution is 2.36. The van der Waals surface area contributed by atoms with Crippen LogP contribution in [0.3, 0.4) is 0 Å². The van der Waals surface area contributed by atoms with Crippen molar-refractivity contribution in [3.05, 3.63) is 59.7 Å². The molecule has 2 fully saturated rings. The molecule has 1 amide bonds. The molecular weight excluding hydrogens is 497 g/mol. The summed E-state index contributed by atoms with van der Waals surface area (Å²) in [6, 6.07) is 7.95. The minimum Gasteiger partial charge on any atom is -0.491 e. The summed E-state index contributed by atoms with van der Waals surface area (Å²) in [5, 5.41) is 6.80. The van der Waals surface area contributed by atoms with E-state index in [0.717, 1.165) is 39.0 Å². The topological polar surface area (TPSA) is 88.6 Å². The van der Waals surface area contributed by atoms with Gasteiger partial charge in [-0.15, -0.1) is 0 Å². The molecule has 10 heteroatoms. The Kier molecular flexibility index (Phi) is 8.13. The van der Waals surface area contributed by atoms with Crippen LogP contribution in [0.2, 0.25) is 5.02 Å². The van der Waals surface area contributed by atoms with E-state index in [1.54, 1.807) is 24.3 Å². The molecule has 2 aliphatic rings. The molecule has 2 N–H and O–H groups in total. The third-order valence-corrected chi connectivity index (χ3v) is 6.59. The predicted molar refractivity (Wildman–Crippen MR) is 142 cm³/mol. The number of aromatic nitrogens is 2. The Labute approximate surface area is 219 Å². The highest BCUT2D eigenvalue weighted by molar-refractivity contribution is 6.31. The molecule has 1 aromatic heterocycles. The highest BCUT2D eigenvalue weighted by atomic mass is 35.5. The van der Waals surface area contributed by atoms with Crippen LogP contribution in [-0.2, 0) is 9.53 Å². The van der Waals surface area contributed by atoms with E-state index < -0.39 is 5.82 Å². The molecule has 194 valence electrons. The van der Waals surface area contributed by atoms with Crippen molar-refractivity contribution < 1.29 is 18.7 Å². The number of hydrogen-bond donors (Lipinski definition) is 2. The molecule has 0 atom stereocenters. The second-order valence-electron chi connectivity index (χ2n) is 9.25. The lowest BCUT2D eigenvalue weighted by molar-refractivity contribution is -0.111. The first kappa shape index (κ1) is 25.4. The van der Waals surface area contributed by atoms with Crippen LogP contribution in [0.1, 0.15) is 19.3 Å². The lowest BCUT2D eigenvalue weighted by Gasteiger charge is -2.16. The van der Waals surface area contributed by atoms with Crippen LogP contribution >= 0.6 is 11.6 Å². The molecule has 1 saturated heterocycles. The van der Waals surface area contributed by atoms with Crippen molar-refractivity contribution in [2.75, 3.05) is 50.1 Å². The second kappa shape index (κ2) is 11.9. The second-order valence-corrected chi connectivity index (χ2v) is 9.66. The van der Waals surface area contributed by atoms with Crippen molar-refractivity contribution >= 4 is 45.6 Å². The summed E-state index contributed by atoms with van der Waals surface area (Å²) in [6.45, 7) is 4.56. The number of nitrogens with one attached hydrogen (secondary N) is 2. The van der Waals surface area contributed by atoms with Gasteiger partial charge in [0.1, 0.15) is 23.7 Å². The van der Waals surface area contributed by atoms with Gasteiger partial charge in [0.25, 0.3) is 0 Å². The van der Waals surface area contributed by atoms with E-state index in [0.29, 0.717) is 59.5 Å². The summed E-state index contributed by atoms with van der Waals surface area (Å²) in [5.41, 5.74) is 1.75. The molecule has 2 aromatic carbocycles. The average molecular weight is 526 g/mol. The van der Waals surface area contributed by atoms with Crippen molar-refractivity contribution in [1.82, 2.24) is 14.9 Å². The maximum atomic E-state index is 13.6. The minimum absolute atomic E-state index is 0.00608. The van der Waals surface area contributed by atoms with Crippen molar-refractivity contribution in [2.24, 2.45) is 5.92 Å². The number of fused-ring (bicyclic) bond motifs is 1. The Bertz CT molecular complexity index is 1290. The Morgan fingerprint density at radius 3 is 2.95 bits per heavy atom. The number of rotatable bonds is 9. The van der Waals surface area contributed by atoms with E-state index in [1.807, 2.05) is 6.08 Å². The van der Waals surface area contributed by atoms with Gasteiger partial charge in [-0.3, -0.25) is 9.69 Å². The number of benzene rings is 2. The molecule has 37 heavy (non-hydrogen) atoms. The van der Waals surface area contributed by atoms with Crippen LogP contribution < -0.4 is 15.4 Å². The average Bonchev–Trinajstić information content (AvgIpc) is 3.73. The fraction of sp³-hybridized carbons (Fsp3) is 0.370. The zero-order valence-corrected chi connectivity index (χ0v) is 21.1. The van der Waals surface area contributed by atoms with Crippen LogP contribution in [-0.4, -0.2) is 60.2 Å².